The first-order chi connectivity index (χ1) is 15.3. The van der Waals surface area contributed by atoms with Crippen molar-refractivity contribution < 1.29 is 14.7 Å². The first kappa shape index (κ1) is 22.1. The van der Waals surface area contributed by atoms with Crippen LogP contribution >= 0.6 is 15.9 Å². The van der Waals surface area contributed by atoms with Crippen LogP contribution in [0.5, 0.6) is 0 Å². The summed E-state index contributed by atoms with van der Waals surface area (Å²) in [5.74, 6) is -0.106. The Morgan fingerprint density at radius 1 is 1.31 bits per heavy atom. The summed E-state index contributed by atoms with van der Waals surface area (Å²) >= 11 is 3.60. The number of fused-ring (bicyclic) bond motifs is 1. The van der Waals surface area contributed by atoms with Crippen LogP contribution in [-0.4, -0.2) is 49.1 Å². The lowest BCUT2D eigenvalue weighted by atomic mass is 10.1. The van der Waals surface area contributed by atoms with Gasteiger partial charge < -0.3 is 25.6 Å². The lowest BCUT2D eigenvalue weighted by molar-refractivity contribution is 0.0940. The van der Waals surface area contributed by atoms with Crippen LogP contribution in [0.3, 0.4) is 0 Å². The van der Waals surface area contributed by atoms with Crippen LogP contribution in [0.15, 0.2) is 41.3 Å². The van der Waals surface area contributed by atoms with E-state index in [1.54, 1.807) is 0 Å². The van der Waals surface area contributed by atoms with Gasteiger partial charge in [-0.25, -0.2) is 14.8 Å². The maximum Gasteiger partial charge on any atom is 0.407 e. The number of aromatic nitrogens is 3. The van der Waals surface area contributed by atoms with Crippen molar-refractivity contribution in [2.75, 3.05) is 12.3 Å². The molecule has 0 unspecified atom stereocenters. The summed E-state index contributed by atoms with van der Waals surface area (Å²) in [4.78, 5) is 35.0. The lowest BCUT2D eigenvalue weighted by Gasteiger charge is -2.19. The third-order valence-corrected chi connectivity index (χ3v) is 6.88. The third-order valence-electron chi connectivity index (χ3n) is 6.10. The van der Waals surface area contributed by atoms with Gasteiger partial charge in [-0.1, -0.05) is 37.3 Å². The molecule has 4 N–H and O–H groups in total. The van der Waals surface area contributed by atoms with Gasteiger partial charge in [-0.2, -0.15) is 0 Å². The largest absolute Gasteiger partial charge is 0.465 e. The first-order valence-corrected chi connectivity index (χ1v) is 11.3. The van der Waals surface area contributed by atoms with Crippen molar-refractivity contribution in [2.45, 2.75) is 44.8 Å². The average Bonchev–Trinajstić information content (AvgIpc) is 3.33. The highest BCUT2D eigenvalue weighted by molar-refractivity contribution is 9.10. The average molecular weight is 501 g/mol. The molecule has 3 aromatic rings. The van der Waals surface area contributed by atoms with Crippen LogP contribution in [0.25, 0.3) is 11.0 Å². The maximum atomic E-state index is 13.4. The fourth-order valence-corrected chi connectivity index (χ4v) is 5.30. The summed E-state index contributed by atoms with van der Waals surface area (Å²) in [5, 5.41) is 13.1. The van der Waals surface area contributed by atoms with Gasteiger partial charge in [0.15, 0.2) is 0 Å². The number of hydrogen-bond acceptors (Lipinski definition) is 5. The maximum absolute atomic E-state index is 13.4. The minimum atomic E-state index is -0.948. The van der Waals surface area contributed by atoms with Crippen LogP contribution in [0.1, 0.15) is 54.7 Å². The number of amides is 2. The molecule has 10 heteroatoms. The Hall–Kier alpha value is -3.14. The number of hydrogen-bond donors (Lipinski definition) is 3. The van der Waals surface area contributed by atoms with Gasteiger partial charge in [-0.15, -0.1) is 0 Å². The van der Waals surface area contributed by atoms with Crippen LogP contribution in [0, 0.1) is 0 Å². The molecule has 2 amide bonds. The minimum absolute atomic E-state index is 0.101. The van der Waals surface area contributed by atoms with E-state index >= 15 is 0 Å². The van der Waals surface area contributed by atoms with Gasteiger partial charge in [-0.3, -0.25) is 4.79 Å². The van der Waals surface area contributed by atoms with Crippen molar-refractivity contribution in [2.24, 2.45) is 0 Å². The monoisotopic (exact) mass is 500 g/mol. The van der Waals surface area contributed by atoms with E-state index in [2.05, 4.69) is 31.2 Å². The number of halogens is 1. The Morgan fingerprint density at radius 3 is 2.66 bits per heavy atom. The molecule has 1 saturated heterocycles. The van der Waals surface area contributed by atoms with E-state index in [9.17, 15) is 14.7 Å². The lowest BCUT2D eigenvalue weighted by Crippen LogP contribution is -2.34. The van der Waals surface area contributed by atoms with E-state index in [1.165, 1.54) is 11.2 Å². The van der Waals surface area contributed by atoms with Gasteiger partial charge in [0.2, 0.25) is 0 Å². The van der Waals surface area contributed by atoms with Crippen LogP contribution < -0.4 is 11.1 Å². The molecule has 32 heavy (non-hydrogen) atoms. The first-order valence-electron chi connectivity index (χ1n) is 10.5. The van der Waals surface area contributed by atoms with Crippen molar-refractivity contribution in [1.29, 1.82) is 0 Å². The quantitative estimate of drug-likeness (QED) is 0.486. The van der Waals surface area contributed by atoms with Gasteiger partial charge in [0, 0.05) is 12.6 Å². The van der Waals surface area contributed by atoms with E-state index in [0.717, 1.165) is 5.56 Å². The van der Waals surface area contributed by atoms with Crippen LogP contribution in [0.4, 0.5) is 10.6 Å². The molecule has 0 bridgehead atoms. The molecular weight excluding hydrogens is 476 g/mol. The van der Waals surface area contributed by atoms with E-state index in [1.807, 2.05) is 48.7 Å². The SMILES string of the molecule is CC[C@H]1C[C@@H](n2c(Br)c(C(=O)N[C@H](C)c3ccccc3)c3c(N)ncnc32)CN1C(=O)O. The summed E-state index contributed by atoms with van der Waals surface area (Å²) in [6, 6.07) is 9.15. The highest BCUT2D eigenvalue weighted by atomic mass is 79.9. The van der Waals surface area contributed by atoms with E-state index < -0.39 is 6.09 Å². The molecule has 0 saturated carbocycles. The van der Waals surface area contributed by atoms with Gasteiger partial charge in [-0.05, 0) is 41.3 Å². The Bertz CT molecular complexity index is 1170. The fraction of sp³-hybridized carbons (Fsp3) is 0.364. The summed E-state index contributed by atoms with van der Waals surface area (Å²) in [7, 11) is 0. The fourth-order valence-electron chi connectivity index (χ4n) is 4.46. The molecule has 1 aliphatic heterocycles. The number of nitrogens with one attached hydrogen (secondary N) is 1. The molecule has 1 aromatic carbocycles. The number of anilines is 1. The minimum Gasteiger partial charge on any atom is -0.465 e. The second-order valence-electron chi connectivity index (χ2n) is 7.99. The Balaban J connectivity index is 1.75. The number of nitrogens with two attached hydrogens (primary N) is 1. The number of carbonyl (C=O) groups is 2. The van der Waals surface area contributed by atoms with Gasteiger partial charge in [0.25, 0.3) is 5.91 Å². The molecule has 0 spiro atoms. The summed E-state index contributed by atoms with van der Waals surface area (Å²) in [5.41, 5.74) is 8.01. The molecule has 9 nitrogen and oxygen atoms in total. The highest BCUT2D eigenvalue weighted by Gasteiger charge is 2.38. The smallest absolute Gasteiger partial charge is 0.407 e. The second kappa shape index (κ2) is 8.78. The Labute approximate surface area is 193 Å². The number of nitrogen functional groups attached to an aromatic ring is 1. The van der Waals surface area contributed by atoms with E-state index in [4.69, 9.17) is 5.73 Å². The number of likely N-dealkylation sites (tertiary alicyclic amines) is 1. The molecule has 168 valence electrons. The zero-order chi connectivity index (χ0) is 23.0. The van der Waals surface area contributed by atoms with Gasteiger partial charge in [0.1, 0.15) is 22.4 Å². The molecule has 0 radical (unpaired) electrons. The van der Waals surface area contributed by atoms with Crippen molar-refractivity contribution in [3.8, 4) is 0 Å². The topological polar surface area (TPSA) is 126 Å². The molecule has 3 heterocycles. The normalized spacial score (nSPS) is 19.3. The number of carboxylic acid groups (broad SMARTS) is 1. The van der Waals surface area contributed by atoms with Crippen molar-refractivity contribution in [3.05, 3.63) is 52.4 Å². The molecule has 0 aliphatic carbocycles. The van der Waals surface area contributed by atoms with Gasteiger partial charge in [0.05, 0.1) is 23.0 Å². The molecule has 4 rings (SSSR count). The van der Waals surface area contributed by atoms with Crippen LogP contribution in [0.2, 0.25) is 0 Å². The van der Waals surface area contributed by atoms with Gasteiger partial charge >= 0.3 is 6.09 Å². The van der Waals surface area contributed by atoms with Crippen molar-refractivity contribution in [1.82, 2.24) is 24.8 Å². The third kappa shape index (κ3) is 3.79. The molecule has 1 aliphatic rings. The summed E-state index contributed by atoms with van der Waals surface area (Å²) in [6.45, 7) is 4.19. The standard InChI is InChI=1S/C22H25BrN6O3/c1-3-14-9-15(10-28(14)22(31)32)29-18(23)16(17-19(24)25-11-26-20(17)29)21(30)27-12(2)13-7-5-4-6-8-13/h4-8,11-12,14-15H,3,9-10H2,1-2H3,(H,27,30)(H,31,32)(H2,24,25,26)/t12-,14+,15-/m1/s1. The molecule has 3 atom stereocenters. The summed E-state index contributed by atoms with van der Waals surface area (Å²) < 4.78 is 2.39. The summed E-state index contributed by atoms with van der Waals surface area (Å²) in [6.07, 6.45) is 1.74. The van der Waals surface area contributed by atoms with Crippen molar-refractivity contribution in [3.63, 3.8) is 0 Å². The second-order valence-corrected chi connectivity index (χ2v) is 8.74. The van der Waals surface area contributed by atoms with Crippen molar-refractivity contribution >= 4 is 44.8 Å². The number of nitrogens with zero attached hydrogens (tertiary/aromatic N) is 4. The zero-order valence-electron chi connectivity index (χ0n) is 17.8. The molecular formula is C22H25BrN6O3. The number of carbonyl (C=O) groups excluding carboxylic acids is 1. The molecule has 2 aromatic heterocycles. The number of benzene rings is 1. The van der Waals surface area contributed by atoms with E-state index in [-0.39, 0.29) is 29.9 Å². The van der Waals surface area contributed by atoms with Crippen LogP contribution in [-0.2, 0) is 0 Å². The zero-order valence-corrected chi connectivity index (χ0v) is 19.4. The molecule has 1 fully saturated rings. The highest BCUT2D eigenvalue weighted by Crippen LogP contribution is 2.39. The number of rotatable bonds is 5. The Morgan fingerprint density at radius 2 is 2.03 bits per heavy atom. The predicted molar refractivity (Wildman–Crippen MR) is 124 cm³/mol. The predicted octanol–water partition coefficient (Wildman–Crippen LogP) is 3.97. The Kier molecular flexibility index (Phi) is 6.05. The van der Waals surface area contributed by atoms with E-state index in [0.29, 0.717) is 40.6 Å².